The Bertz CT molecular complexity index is 962. The molecule has 1 heterocycles. The van der Waals surface area contributed by atoms with Crippen LogP contribution in [0, 0.1) is 6.92 Å². The standard InChI is InChI=1S/C18H17NO5/c1-10-4-5-11(6-14(10)20)19-13-9-17(21)24-16-8-12(22-2)7-15(23-3)18(13)16/h4-9,19-20H,1-3H3. The molecule has 0 saturated heterocycles. The van der Waals surface area contributed by atoms with Crippen molar-refractivity contribution in [1.82, 2.24) is 0 Å². The van der Waals surface area contributed by atoms with Crippen molar-refractivity contribution in [2.45, 2.75) is 6.92 Å². The van der Waals surface area contributed by atoms with Crippen molar-refractivity contribution >= 4 is 22.3 Å². The molecular formula is C18H17NO5. The van der Waals surface area contributed by atoms with E-state index in [2.05, 4.69) is 5.32 Å². The minimum Gasteiger partial charge on any atom is -0.508 e. The van der Waals surface area contributed by atoms with E-state index in [9.17, 15) is 9.90 Å². The highest BCUT2D eigenvalue weighted by Gasteiger charge is 2.14. The zero-order chi connectivity index (χ0) is 17.3. The Morgan fingerprint density at radius 2 is 1.88 bits per heavy atom. The molecule has 3 rings (SSSR count). The van der Waals surface area contributed by atoms with Gasteiger partial charge in [0, 0.05) is 30.0 Å². The number of phenols is 1. The molecule has 0 aliphatic heterocycles. The van der Waals surface area contributed by atoms with Crippen LogP contribution in [0.1, 0.15) is 5.56 Å². The topological polar surface area (TPSA) is 80.9 Å². The first kappa shape index (κ1) is 15.7. The molecule has 0 spiro atoms. The van der Waals surface area contributed by atoms with Gasteiger partial charge in [0.15, 0.2) is 0 Å². The lowest BCUT2D eigenvalue weighted by Gasteiger charge is -2.13. The fourth-order valence-electron chi connectivity index (χ4n) is 2.46. The van der Waals surface area contributed by atoms with Gasteiger partial charge >= 0.3 is 5.63 Å². The maximum atomic E-state index is 11.9. The Hall–Kier alpha value is -3.15. The number of ether oxygens (including phenoxy) is 2. The Balaban J connectivity index is 2.19. The van der Waals surface area contributed by atoms with Crippen LogP contribution in [0.15, 0.2) is 45.6 Å². The number of rotatable bonds is 4. The summed E-state index contributed by atoms with van der Waals surface area (Å²) in [5, 5.41) is 13.6. The molecule has 1 aromatic heterocycles. The van der Waals surface area contributed by atoms with Gasteiger partial charge in [0.05, 0.1) is 25.3 Å². The second-order valence-corrected chi connectivity index (χ2v) is 5.31. The second-order valence-electron chi connectivity index (χ2n) is 5.31. The first-order valence-corrected chi connectivity index (χ1v) is 7.28. The Labute approximate surface area is 138 Å². The molecular weight excluding hydrogens is 310 g/mol. The molecule has 0 radical (unpaired) electrons. The number of benzene rings is 2. The molecule has 6 nitrogen and oxygen atoms in total. The Morgan fingerprint density at radius 3 is 2.54 bits per heavy atom. The number of hydrogen-bond acceptors (Lipinski definition) is 6. The van der Waals surface area contributed by atoms with Crippen molar-refractivity contribution in [3.63, 3.8) is 0 Å². The van der Waals surface area contributed by atoms with E-state index in [1.165, 1.54) is 20.3 Å². The summed E-state index contributed by atoms with van der Waals surface area (Å²) in [5.41, 5.74) is 1.77. The smallest absolute Gasteiger partial charge is 0.338 e. The second kappa shape index (κ2) is 6.16. The fraction of sp³-hybridized carbons (Fsp3) is 0.167. The van der Waals surface area contributed by atoms with Gasteiger partial charge < -0.3 is 24.3 Å². The molecule has 124 valence electrons. The van der Waals surface area contributed by atoms with Gasteiger partial charge in [-0.05, 0) is 18.6 Å². The SMILES string of the molecule is COc1cc(OC)c2c(Nc3ccc(C)c(O)c3)cc(=O)oc2c1. The number of methoxy groups -OCH3 is 2. The maximum Gasteiger partial charge on any atom is 0.338 e. The van der Waals surface area contributed by atoms with Crippen LogP contribution in [0.2, 0.25) is 0 Å². The molecule has 0 bridgehead atoms. The summed E-state index contributed by atoms with van der Waals surface area (Å²) in [7, 11) is 3.05. The van der Waals surface area contributed by atoms with Gasteiger partial charge in [-0.15, -0.1) is 0 Å². The predicted octanol–water partition coefficient (Wildman–Crippen LogP) is 3.57. The quantitative estimate of drug-likeness (QED) is 0.713. The van der Waals surface area contributed by atoms with Crippen LogP contribution in [-0.2, 0) is 0 Å². The number of nitrogens with one attached hydrogen (secondary N) is 1. The lowest BCUT2D eigenvalue weighted by Crippen LogP contribution is -2.02. The first-order chi connectivity index (χ1) is 11.5. The normalized spacial score (nSPS) is 10.6. The molecule has 0 amide bonds. The molecule has 24 heavy (non-hydrogen) atoms. The molecule has 6 heteroatoms. The van der Waals surface area contributed by atoms with E-state index >= 15 is 0 Å². The average Bonchev–Trinajstić information content (AvgIpc) is 2.56. The highest BCUT2D eigenvalue weighted by molar-refractivity contribution is 5.97. The van der Waals surface area contributed by atoms with Crippen LogP contribution in [0.4, 0.5) is 11.4 Å². The summed E-state index contributed by atoms with van der Waals surface area (Å²) in [6, 6.07) is 9.86. The van der Waals surface area contributed by atoms with Crippen LogP contribution in [0.25, 0.3) is 11.0 Å². The molecule has 0 atom stereocenters. The zero-order valence-electron chi connectivity index (χ0n) is 13.5. The van der Waals surface area contributed by atoms with Gasteiger partial charge in [-0.2, -0.15) is 0 Å². The van der Waals surface area contributed by atoms with Crippen LogP contribution < -0.4 is 20.4 Å². The van der Waals surface area contributed by atoms with Gasteiger partial charge in [0.2, 0.25) is 0 Å². The van der Waals surface area contributed by atoms with Crippen LogP contribution in [0.5, 0.6) is 17.2 Å². The summed E-state index contributed by atoms with van der Waals surface area (Å²) in [5.74, 6) is 1.19. The van der Waals surface area contributed by atoms with Crippen molar-refractivity contribution in [2.75, 3.05) is 19.5 Å². The first-order valence-electron chi connectivity index (χ1n) is 7.28. The lowest BCUT2D eigenvalue weighted by molar-refractivity contribution is 0.396. The number of aryl methyl sites for hydroxylation is 1. The van der Waals surface area contributed by atoms with Gasteiger partial charge in [0.1, 0.15) is 22.8 Å². The fourth-order valence-corrected chi connectivity index (χ4v) is 2.46. The Morgan fingerprint density at radius 1 is 1.08 bits per heavy atom. The zero-order valence-corrected chi connectivity index (χ0v) is 13.5. The average molecular weight is 327 g/mol. The largest absolute Gasteiger partial charge is 0.508 e. The molecule has 2 aromatic carbocycles. The number of fused-ring (bicyclic) bond motifs is 1. The van der Waals surface area contributed by atoms with Crippen LogP contribution in [-0.4, -0.2) is 19.3 Å². The van der Waals surface area contributed by atoms with E-state index in [0.29, 0.717) is 33.8 Å². The van der Waals surface area contributed by atoms with E-state index in [4.69, 9.17) is 13.9 Å². The molecule has 0 aliphatic carbocycles. The van der Waals surface area contributed by atoms with E-state index in [0.717, 1.165) is 5.56 Å². The monoisotopic (exact) mass is 327 g/mol. The van der Waals surface area contributed by atoms with Crippen molar-refractivity contribution in [2.24, 2.45) is 0 Å². The highest BCUT2D eigenvalue weighted by atomic mass is 16.5. The Kier molecular flexibility index (Phi) is 4.04. The van der Waals surface area contributed by atoms with Crippen molar-refractivity contribution < 1.29 is 19.0 Å². The van der Waals surface area contributed by atoms with E-state index in [1.54, 1.807) is 31.2 Å². The molecule has 0 fully saturated rings. The molecule has 2 N–H and O–H groups in total. The van der Waals surface area contributed by atoms with Gasteiger partial charge in [-0.3, -0.25) is 0 Å². The van der Waals surface area contributed by atoms with Gasteiger partial charge in [-0.1, -0.05) is 6.07 Å². The van der Waals surface area contributed by atoms with E-state index in [-0.39, 0.29) is 5.75 Å². The minimum atomic E-state index is -0.503. The highest BCUT2D eigenvalue weighted by Crippen LogP contribution is 2.36. The third kappa shape index (κ3) is 2.86. The van der Waals surface area contributed by atoms with Crippen molar-refractivity contribution in [1.29, 1.82) is 0 Å². The third-order valence-corrected chi connectivity index (χ3v) is 3.73. The number of aromatic hydroxyl groups is 1. The van der Waals surface area contributed by atoms with E-state index < -0.39 is 5.63 Å². The van der Waals surface area contributed by atoms with Gasteiger partial charge in [-0.25, -0.2) is 4.79 Å². The number of anilines is 2. The predicted molar refractivity (Wildman–Crippen MR) is 91.7 cm³/mol. The van der Waals surface area contributed by atoms with Crippen LogP contribution in [0.3, 0.4) is 0 Å². The van der Waals surface area contributed by atoms with Crippen LogP contribution >= 0.6 is 0 Å². The van der Waals surface area contributed by atoms with Crippen molar-refractivity contribution in [3.8, 4) is 17.2 Å². The molecule has 0 saturated carbocycles. The summed E-state index contributed by atoms with van der Waals surface area (Å²) < 4.78 is 15.9. The third-order valence-electron chi connectivity index (χ3n) is 3.73. The summed E-state index contributed by atoms with van der Waals surface area (Å²) in [6.07, 6.45) is 0. The molecule has 0 unspecified atom stereocenters. The summed E-state index contributed by atoms with van der Waals surface area (Å²) in [6.45, 7) is 1.81. The number of phenolic OH excluding ortho intramolecular Hbond substituents is 1. The van der Waals surface area contributed by atoms with Crippen molar-refractivity contribution in [3.05, 3.63) is 52.4 Å². The molecule has 3 aromatic rings. The van der Waals surface area contributed by atoms with Gasteiger partial charge in [0.25, 0.3) is 0 Å². The molecule has 0 aliphatic rings. The van der Waals surface area contributed by atoms with E-state index in [1.807, 2.05) is 6.07 Å². The minimum absolute atomic E-state index is 0.168. The summed E-state index contributed by atoms with van der Waals surface area (Å²) >= 11 is 0. The number of hydrogen-bond donors (Lipinski definition) is 2. The lowest BCUT2D eigenvalue weighted by atomic mass is 10.1. The maximum absolute atomic E-state index is 11.9. The summed E-state index contributed by atoms with van der Waals surface area (Å²) in [4.78, 5) is 11.9.